The average molecular weight is 381 g/mol. The Morgan fingerprint density at radius 3 is 1.93 bits per heavy atom. The molecule has 3 nitrogen and oxygen atoms in total. The number of hydrogen-bond acceptors (Lipinski definition) is 2. The summed E-state index contributed by atoms with van der Waals surface area (Å²) in [5.41, 5.74) is 3.37. The third kappa shape index (κ3) is 3.03. The Hall–Kier alpha value is -3.33. The molecule has 1 heterocycles. The highest BCUT2D eigenvalue weighted by Crippen LogP contribution is 2.43. The second-order valence-electron chi connectivity index (χ2n) is 7.74. The van der Waals surface area contributed by atoms with E-state index in [2.05, 4.69) is 35.2 Å². The number of anilines is 1. The summed E-state index contributed by atoms with van der Waals surface area (Å²) in [5.74, 6) is -0.886. The summed E-state index contributed by atoms with van der Waals surface area (Å²) in [4.78, 5) is 14.7. The van der Waals surface area contributed by atoms with E-state index in [0.29, 0.717) is 5.56 Å². The molecule has 144 valence electrons. The van der Waals surface area contributed by atoms with Crippen molar-refractivity contribution < 1.29 is 9.90 Å². The van der Waals surface area contributed by atoms with Gasteiger partial charge in [0.2, 0.25) is 0 Å². The maximum absolute atomic E-state index is 12.2. The molecule has 1 N–H and O–H groups in total. The summed E-state index contributed by atoms with van der Waals surface area (Å²) in [6.07, 6.45) is 3.61. The van der Waals surface area contributed by atoms with E-state index in [1.165, 1.54) is 19.3 Å². The molecule has 0 atom stereocenters. The fourth-order valence-corrected chi connectivity index (χ4v) is 4.64. The largest absolute Gasteiger partial charge is 0.478 e. The molecule has 0 amide bonds. The second kappa shape index (κ2) is 7.25. The van der Waals surface area contributed by atoms with E-state index in [4.69, 9.17) is 0 Å². The molecule has 5 rings (SSSR count). The van der Waals surface area contributed by atoms with Crippen LogP contribution in [0.15, 0.2) is 72.8 Å². The zero-order chi connectivity index (χ0) is 19.8. The van der Waals surface area contributed by atoms with E-state index in [1.807, 2.05) is 36.4 Å². The Bertz CT molecular complexity index is 1220. The van der Waals surface area contributed by atoms with Crippen LogP contribution in [0.5, 0.6) is 0 Å². The van der Waals surface area contributed by atoms with Crippen molar-refractivity contribution in [3.8, 4) is 11.1 Å². The molecule has 0 spiro atoms. The average Bonchev–Trinajstić information content (AvgIpc) is 2.78. The summed E-state index contributed by atoms with van der Waals surface area (Å²) in [7, 11) is 0. The lowest BCUT2D eigenvalue weighted by molar-refractivity contribution is 0.0698. The fourth-order valence-electron chi connectivity index (χ4n) is 4.64. The van der Waals surface area contributed by atoms with Crippen LogP contribution in [0.3, 0.4) is 0 Å². The summed E-state index contributed by atoms with van der Waals surface area (Å²) < 4.78 is 0. The first-order chi connectivity index (χ1) is 14.2. The smallest absolute Gasteiger partial charge is 0.336 e. The molecule has 1 aliphatic heterocycles. The van der Waals surface area contributed by atoms with E-state index in [0.717, 1.165) is 51.4 Å². The summed E-state index contributed by atoms with van der Waals surface area (Å²) >= 11 is 0. The number of aromatic carboxylic acids is 1. The molecule has 1 fully saturated rings. The van der Waals surface area contributed by atoms with Gasteiger partial charge in [0.05, 0.1) is 5.56 Å². The van der Waals surface area contributed by atoms with Crippen LogP contribution in [0.1, 0.15) is 29.6 Å². The zero-order valence-electron chi connectivity index (χ0n) is 16.3. The van der Waals surface area contributed by atoms with Crippen LogP contribution in [-0.2, 0) is 0 Å². The number of fused-ring (bicyclic) bond motifs is 2. The number of nitrogens with zero attached hydrogens (tertiary/aromatic N) is 1. The van der Waals surface area contributed by atoms with Crippen LogP contribution in [-0.4, -0.2) is 24.2 Å². The van der Waals surface area contributed by atoms with Gasteiger partial charge in [-0.05, 0) is 52.9 Å². The number of carboxylic acids is 1. The van der Waals surface area contributed by atoms with Gasteiger partial charge in [-0.15, -0.1) is 0 Å². The van der Waals surface area contributed by atoms with Gasteiger partial charge >= 0.3 is 5.97 Å². The standard InChI is InChI=1S/C26H23NO2/c28-26(29)22-14-12-18-8-2-4-10-20(18)24(22)25-21-11-5-3-9-19(21)13-15-23(25)27-16-6-1-7-17-27/h2-5,8-15H,1,6-7,16-17H2,(H,28,29). The van der Waals surface area contributed by atoms with Crippen LogP contribution >= 0.6 is 0 Å². The van der Waals surface area contributed by atoms with Gasteiger partial charge < -0.3 is 10.0 Å². The predicted octanol–water partition coefficient (Wildman–Crippen LogP) is 6.35. The monoisotopic (exact) mass is 381 g/mol. The van der Waals surface area contributed by atoms with Gasteiger partial charge in [-0.25, -0.2) is 4.79 Å². The first-order valence-electron chi connectivity index (χ1n) is 10.3. The minimum absolute atomic E-state index is 0.360. The maximum Gasteiger partial charge on any atom is 0.336 e. The minimum atomic E-state index is -0.886. The van der Waals surface area contributed by atoms with Crippen molar-refractivity contribution in [2.45, 2.75) is 19.3 Å². The summed E-state index contributed by atoms with van der Waals surface area (Å²) in [6, 6.07) is 24.4. The van der Waals surface area contributed by atoms with Gasteiger partial charge in [-0.1, -0.05) is 60.7 Å². The molecule has 0 aliphatic carbocycles. The lowest BCUT2D eigenvalue weighted by atomic mass is 9.88. The van der Waals surface area contributed by atoms with Crippen LogP contribution in [0.25, 0.3) is 32.7 Å². The highest BCUT2D eigenvalue weighted by atomic mass is 16.4. The number of benzene rings is 4. The molecule has 0 bridgehead atoms. The molecule has 1 aliphatic rings. The minimum Gasteiger partial charge on any atom is -0.478 e. The highest BCUT2D eigenvalue weighted by molar-refractivity contribution is 6.15. The number of carboxylic acid groups (broad SMARTS) is 1. The molecular formula is C26H23NO2. The zero-order valence-corrected chi connectivity index (χ0v) is 16.3. The molecule has 29 heavy (non-hydrogen) atoms. The maximum atomic E-state index is 12.2. The van der Waals surface area contributed by atoms with Crippen molar-refractivity contribution in [3.05, 3.63) is 78.4 Å². The molecule has 4 aromatic rings. The van der Waals surface area contributed by atoms with Crippen LogP contribution < -0.4 is 4.90 Å². The van der Waals surface area contributed by atoms with Crippen LogP contribution in [0.4, 0.5) is 5.69 Å². The van der Waals surface area contributed by atoms with Crippen LogP contribution in [0.2, 0.25) is 0 Å². The van der Waals surface area contributed by atoms with Gasteiger partial charge in [0.1, 0.15) is 0 Å². The van der Waals surface area contributed by atoms with E-state index < -0.39 is 5.97 Å². The van der Waals surface area contributed by atoms with Crippen molar-refractivity contribution in [1.82, 2.24) is 0 Å². The van der Waals surface area contributed by atoms with Crippen molar-refractivity contribution in [2.24, 2.45) is 0 Å². The Labute approximate surface area is 170 Å². The van der Waals surface area contributed by atoms with Crippen molar-refractivity contribution >= 4 is 33.2 Å². The molecule has 4 aromatic carbocycles. The molecule has 0 aromatic heterocycles. The third-order valence-electron chi connectivity index (χ3n) is 6.01. The normalized spacial score (nSPS) is 14.4. The molecule has 3 heteroatoms. The van der Waals surface area contributed by atoms with Crippen LogP contribution in [0, 0.1) is 0 Å². The fraction of sp³-hybridized carbons (Fsp3) is 0.192. The lowest BCUT2D eigenvalue weighted by Gasteiger charge is -2.32. The van der Waals surface area contributed by atoms with Gasteiger partial charge in [0, 0.05) is 29.9 Å². The SMILES string of the molecule is O=C(O)c1ccc2ccccc2c1-c1c(N2CCCCC2)ccc2ccccc12. The van der Waals surface area contributed by atoms with E-state index in [1.54, 1.807) is 6.07 Å². The molecule has 1 saturated heterocycles. The van der Waals surface area contributed by atoms with Crippen molar-refractivity contribution in [2.75, 3.05) is 18.0 Å². The third-order valence-corrected chi connectivity index (χ3v) is 6.01. The Morgan fingerprint density at radius 1 is 0.690 bits per heavy atom. The van der Waals surface area contributed by atoms with Gasteiger partial charge in [-0.2, -0.15) is 0 Å². The van der Waals surface area contributed by atoms with Crippen molar-refractivity contribution in [3.63, 3.8) is 0 Å². The topological polar surface area (TPSA) is 40.5 Å². The Morgan fingerprint density at radius 2 is 1.28 bits per heavy atom. The molecular weight excluding hydrogens is 358 g/mol. The quantitative estimate of drug-likeness (QED) is 0.449. The van der Waals surface area contributed by atoms with Gasteiger partial charge in [0.15, 0.2) is 0 Å². The second-order valence-corrected chi connectivity index (χ2v) is 7.74. The Kier molecular flexibility index (Phi) is 4.44. The first-order valence-corrected chi connectivity index (χ1v) is 10.3. The number of rotatable bonds is 3. The summed E-state index contributed by atoms with van der Waals surface area (Å²) in [5, 5.41) is 14.3. The van der Waals surface area contributed by atoms with Gasteiger partial charge in [0.25, 0.3) is 0 Å². The van der Waals surface area contributed by atoms with Crippen molar-refractivity contribution in [1.29, 1.82) is 0 Å². The van der Waals surface area contributed by atoms with E-state index >= 15 is 0 Å². The Balaban J connectivity index is 1.92. The molecule has 0 unspecified atom stereocenters. The van der Waals surface area contributed by atoms with E-state index in [9.17, 15) is 9.90 Å². The molecule has 0 saturated carbocycles. The lowest BCUT2D eigenvalue weighted by Crippen LogP contribution is -2.29. The summed E-state index contributed by atoms with van der Waals surface area (Å²) in [6.45, 7) is 2.02. The first kappa shape index (κ1) is 17.7. The molecule has 0 radical (unpaired) electrons. The number of carbonyl (C=O) groups is 1. The number of hydrogen-bond donors (Lipinski definition) is 1. The highest BCUT2D eigenvalue weighted by Gasteiger charge is 2.23. The number of piperidine rings is 1. The predicted molar refractivity (Wildman–Crippen MR) is 120 cm³/mol. The van der Waals surface area contributed by atoms with E-state index in [-0.39, 0.29) is 0 Å². The van der Waals surface area contributed by atoms with Gasteiger partial charge in [-0.3, -0.25) is 0 Å².